The first-order valence-corrected chi connectivity index (χ1v) is 6.96. The molecule has 0 aliphatic rings. The second kappa shape index (κ2) is 6.86. The van der Waals surface area contributed by atoms with Crippen LogP contribution in [0, 0.1) is 0 Å². The molecule has 0 aliphatic carbocycles. The quantitative estimate of drug-likeness (QED) is 0.780. The maximum absolute atomic E-state index is 12.4. The first kappa shape index (κ1) is 15.6. The molecule has 3 aromatic rings. The van der Waals surface area contributed by atoms with E-state index in [-0.39, 0.29) is 17.1 Å². The molecule has 24 heavy (non-hydrogen) atoms. The first-order valence-electron chi connectivity index (χ1n) is 6.96. The highest BCUT2D eigenvalue weighted by atomic mass is 19.3. The van der Waals surface area contributed by atoms with Gasteiger partial charge in [0.05, 0.1) is 17.6 Å². The molecule has 3 rings (SSSR count). The molecule has 0 spiro atoms. The number of hydrogen-bond acceptors (Lipinski definition) is 4. The number of anilines is 1. The van der Waals surface area contributed by atoms with Crippen LogP contribution in [0.25, 0.3) is 5.69 Å². The lowest BCUT2D eigenvalue weighted by atomic mass is 10.3. The van der Waals surface area contributed by atoms with Crippen LogP contribution >= 0.6 is 0 Å². The Labute approximate surface area is 135 Å². The van der Waals surface area contributed by atoms with Crippen LogP contribution in [0.5, 0.6) is 5.75 Å². The molecule has 1 heterocycles. The van der Waals surface area contributed by atoms with Gasteiger partial charge in [-0.1, -0.05) is 30.3 Å². The Morgan fingerprint density at radius 3 is 2.54 bits per heavy atom. The number of hydrogen-bond donors (Lipinski definition) is 1. The number of nitrogens with one attached hydrogen (secondary N) is 1. The van der Waals surface area contributed by atoms with E-state index in [1.807, 2.05) is 18.2 Å². The summed E-state index contributed by atoms with van der Waals surface area (Å²) >= 11 is 0. The summed E-state index contributed by atoms with van der Waals surface area (Å²) in [4.78, 5) is 13.5. The Hall–Kier alpha value is -3.29. The standard InChI is InChI=1S/C16H12F2N4O2/c17-16(18)24-14-9-5-4-8-12(14)20-15(23)13-10-19-22(21-13)11-6-2-1-3-7-11/h1-10,16H,(H,20,23). The SMILES string of the molecule is O=C(Nc1ccccc1OC(F)F)c1cnn(-c2ccccc2)n1. The number of halogens is 2. The molecule has 0 radical (unpaired) electrons. The number of benzene rings is 2. The van der Waals surface area contributed by atoms with Crippen molar-refractivity contribution in [1.29, 1.82) is 0 Å². The van der Waals surface area contributed by atoms with E-state index < -0.39 is 12.5 Å². The molecule has 0 unspecified atom stereocenters. The molecule has 2 aromatic carbocycles. The number of nitrogens with zero attached hydrogens (tertiary/aromatic N) is 3. The lowest BCUT2D eigenvalue weighted by molar-refractivity contribution is -0.0493. The molecule has 6 nitrogen and oxygen atoms in total. The van der Waals surface area contributed by atoms with Crippen molar-refractivity contribution in [2.45, 2.75) is 6.61 Å². The van der Waals surface area contributed by atoms with E-state index >= 15 is 0 Å². The number of carbonyl (C=O) groups is 1. The molecular formula is C16H12F2N4O2. The average molecular weight is 330 g/mol. The maximum Gasteiger partial charge on any atom is 0.387 e. The summed E-state index contributed by atoms with van der Waals surface area (Å²) in [5.74, 6) is -0.709. The number of carbonyl (C=O) groups excluding carboxylic acids is 1. The monoisotopic (exact) mass is 330 g/mol. The summed E-state index contributed by atoms with van der Waals surface area (Å²) < 4.78 is 29.1. The van der Waals surface area contributed by atoms with Crippen LogP contribution in [0.15, 0.2) is 60.8 Å². The van der Waals surface area contributed by atoms with Gasteiger partial charge in [-0.3, -0.25) is 4.79 Å². The smallest absolute Gasteiger partial charge is 0.387 e. The van der Waals surface area contributed by atoms with Crippen LogP contribution in [0.1, 0.15) is 10.5 Å². The largest absolute Gasteiger partial charge is 0.433 e. The molecular weight excluding hydrogens is 318 g/mol. The number of amides is 1. The van der Waals surface area contributed by atoms with Crippen LogP contribution in [-0.2, 0) is 0 Å². The minimum Gasteiger partial charge on any atom is -0.433 e. The molecule has 8 heteroatoms. The van der Waals surface area contributed by atoms with Crippen LogP contribution in [-0.4, -0.2) is 27.5 Å². The first-order chi connectivity index (χ1) is 11.6. The van der Waals surface area contributed by atoms with Gasteiger partial charge in [0, 0.05) is 0 Å². The molecule has 1 amide bonds. The van der Waals surface area contributed by atoms with E-state index in [0.29, 0.717) is 5.69 Å². The summed E-state index contributed by atoms with van der Waals surface area (Å²) in [5.41, 5.74) is 0.862. The predicted octanol–water partition coefficient (Wildman–Crippen LogP) is 3.12. The van der Waals surface area contributed by atoms with Gasteiger partial charge < -0.3 is 10.1 Å². The van der Waals surface area contributed by atoms with E-state index in [2.05, 4.69) is 20.3 Å². The Kier molecular flexibility index (Phi) is 4.46. The highest BCUT2D eigenvalue weighted by molar-refractivity contribution is 6.03. The third-order valence-electron chi connectivity index (χ3n) is 3.06. The molecule has 0 saturated carbocycles. The van der Waals surface area contributed by atoms with Crippen molar-refractivity contribution in [3.63, 3.8) is 0 Å². The molecule has 0 atom stereocenters. The minimum atomic E-state index is -2.98. The molecule has 0 bridgehead atoms. The van der Waals surface area contributed by atoms with Gasteiger partial charge in [0.2, 0.25) is 0 Å². The van der Waals surface area contributed by atoms with Crippen LogP contribution < -0.4 is 10.1 Å². The van der Waals surface area contributed by atoms with Gasteiger partial charge in [0.15, 0.2) is 5.69 Å². The van der Waals surface area contributed by atoms with Crippen molar-refractivity contribution in [2.24, 2.45) is 0 Å². The van der Waals surface area contributed by atoms with E-state index in [1.54, 1.807) is 18.2 Å². The van der Waals surface area contributed by atoms with Crippen molar-refractivity contribution < 1.29 is 18.3 Å². The van der Waals surface area contributed by atoms with E-state index in [9.17, 15) is 13.6 Å². The molecule has 0 saturated heterocycles. The highest BCUT2D eigenvalue weighted by Crippen LogP contribution is 2.25. The van der Waals surface area contributed by atoms with E-state index in [1.165, 1.54) is 29.2 Å². The number of ether oxygens (including phenoxy) is 1. The zero-order valence-corrected chi connectivity index (χ0v) is 12.3. The highest BCUT2D eigenvalue weighted by Gasteiger charge is 2.15. The predicted molar refractivity (Wildman–Crippen MR) is 82.4 cm³/mol. The Morgan fingerprint density at radius 2 is 1.79 bits per heavy atom. The minimum absolute atomic E-state index is 0.0469. The average Bonchev–Trinajstić information content (AvgIpc) is 3.07. The second-order valence-electron chi connectivity index (χ2n) is 4.68. The topological polar surface area (TPSA) is 69.0 Å². The van der Waals surface area contributed by atoms with Crippen molar-refractivity contribution in [3.8, 4) is 11.4 Å². The Bertz CT molecular complexity index is 837. The van der Waals surface area contributed by atoms with Crippen molar-refractivity contribution >= 4 is 11.6 Å². The van der Waals surface area contributed by atoms with Crippen LogP contribution in [0.2, 0.25) is 0 Å². The van der Waals surface area contributed by atoms with Crippen molar-refractivity contribution in [1.82, 2.24) is 15.0 Å². The summed E-state index contributed by atoms with van der Waals surface area (Å²) in [7, 11) is 0. The molecule has 0 fully saturated rings. The van der Waals surface area contributed by atoms with Gasteiger partial charge in [-0.05, 0) is 24.3 Å². The van der Waals surface area contributed by atoms with E-state index in [4.69, 9.17) is 0 Å². The molecule has 122 valence electrons. The third kappa shape index (κ3) is 3.54. The summed E-state index contributed by atoms with van der Waals surface area (Å²) in [5, 5.41) is 10.6. The van der Waals surface area contributed by atoms with Gasteiger partial charge >= 0.3 is 6.61 Å². The summed E-state index contributed by atoms with van der Waals surface area (Å²) in [6.07, 6.45) is 1.29. The van der Waals surface area contributed by atoms with Crippen molar-refractivity contribution in [3.05, 3.63) is 66.5 Å². The lowest BCUT2D eigenvalue weighted by Crippen LogP contribution is -2.15. The Balaban J connectivity index is 1.78. The molecule has 1 N–H and O–H groups in total. The fourth-order valence-corrected chi connectivity index (χ4v) is 2.01. The van der Waals surface area contributed by atoms with Crippen molar-refractivity contribution in [2.75, 3.05) is 5.32 Å². The Morgan fingerprint density at radius 1 is 1.08 bits per heavy atom. The van der Waals surface area contributed by atoms with Crippen LogP contribution in [0.4, 0.5) is 14.5 Å². The fourth-order valence-electron chi connectivity index (χ4n) is 2.01. The summed E-state index contributed by atoms with van der Waals surface area (Å²) in [6, 6.07) is 15.0. The zero-order valence-electron chi connectivity index (χ0n) is 12.3. The lowest BCUT2D eigenvalue weighted by Gasteiger charge is -2.10. The van der Waals surface area contributed by atoms with Gasteiger partial charge in [-0.25, -0.2) is 0 Å². The molecule has 1 aromatic heterocycles. The number of para-hydroxylation sites is 3. The van der Waals surface area contributed by atoms with E-state index in [0.717, 1.165) is 0 Å². The van der Waals surface area contributed by atoms with Gasteiger partial charge in [0.1, 0.15) is 5.75 Å². The number of alkyl halides is 2. The number of aromatic nitrogens is 3. The zero-order chi connectivity index (χ0) is 16.9. The second-order valence-corrected chi connectivity index (χ2v) is 4.68. The van der Waals surface area contributed by atoms with Gasteiger partial charge in [-0.2, -0.15) is 18.7 Å². The maximum atomic E-state index is 12.4. The summed E-state index contributed by atoms with van der Waals surface area (Å²) in [6.45, 7) is -2.98. The normalized spacial score (nSPS) is 10.6. The third-order valence-corrected chi connectivity index (χ3v) is 3.06. The van der Waals surface area contributed by atoms with Crippen LogP contribution in [0.3, 0.4) is 0 Å². The van der Waals surface area contributed by atoms with Gasteiger partial charge in [-0.15, -0.1) is 5.10 Å². The van der Waals surface area contributed by atoms with Gasteiger partial charge in [0.25, 0.3) is 5.91 Å². The fraction of sp³-hybridized carbons (Fsp3) is 0.0625. The number of rotatable bonds is 5. The molecule has 0 aliphatic heterocycles.